The number of halogens is 7. The highest BCUT2D eigenvalue weighted by Gasteiger charge is 2.38. The van der Waals surface area contributed by atoms with Crippen LogP contribution in [0.3, 0.4) is 0 Å². The van der Waals surface area contributed by atoms with Crippen LogP contribution in [0.1, 0.15) is 51.1 Å². The molecule has 0 atom stereocenters. The molecular weight excluding hydrogens is 644 g/mol. The van der Waals surface area contributed by atoms with Crippen LogP contribution in [0.25, 0.3) is 22.6 Å². The average Bonchev–Trinajstić information content (AvgIpc) is 3.66. The van der Waals surface area contributed by atoms with E-state index in [0.717, 1.165) is 4.90 Å². The summed E-state index contributed by atoms with van der Waals surface area (Å²) in [5.74, 6) is -0.0322. The number of nitrogens with zero attached hydrogens (tertiary/aromatic N) is 8. The molecule has 2 amide bonds. The number of alkyl halides is 6. The van der Waals surface area contributed by atoms with E-state index in [1.165, 1.54) is 18.6 Å². The van der Waals surface area contributed by atoms with Crippen LogP contribution in [0.15, 0.2) is 37.2 Å². The molecule has 1 fully saturated rings. The first-order valence-corrected chi connectivity index (χ1v) is 14.5. The van der Waals surface area contributed by atoms with Crippen molar-refractivity contribution < 1.29 is 31.1 Å². The average molecular weight is 672 g/mol. The van der Waals surface area contributed by atoms with E-state index in [2.05, 4.69) is 40.5 Å². The molecule has 3 N–H and O–H groups in total. The summed E-state index contributed by atoms with van der Waals surface area (Å²) in [5, 5.41) is 15.3. The number of H-pyrrole nitrogens is 1. The third-order valence-electron chi connectivity index (χ3n) is 7.28. The summed E-state index contributed by atoms with van der Waals surface area (Å²) in [6, 6.07) is -1.75. The standard InChI is InChI=1S/C27H28ClF6N11O/c1-14(2)44-12-15(7-40-44)20-10-36-21(11-35-20)45(25(46)38-13-26(29,30)31)17-5-3-16(4-6-17)41-24-37-8-18(27(32,33)34)22(42-24)23-19(28)9-39-43-23/h7-12,14,16-17H,3-6,13H2,1-2H3,(H,38,46)(H,39,43)(H,37,41,42)/t16-,17-. The zero-order valence-corrected chi connectivity index (χ0v) is 25.1. The van der Waals surface area contributed by atoms with E-state index in [9.17, 15) is 31.1 Å². The lowest BCUT2D eigenvalue weighted by Crippen LogP contribution is -2.50. The van der Waals surface area contributed by atoms with Crippen LogP contribution >= 0.6 is 11.6 Å². The Bertz CT molecular complexity index is 1650. The SMILES string of the molecule is CC(C)n1cc(-c2cnc(N(C(=O)NCC(F)(F)F)[C@H]3CC[C@H](Nc4ncc(C(F)(F)F)c(-c5n[nH]cc5Cl)n4)CC3)cn2)cn1. The van der Waals surface area contributed by atoms with E-state index in [1.807, 2.05) is 19.2 Å². The summed E-state index contributed by atoms with van der Waals surface area (Å²) in [4.78, 5) is 30.8. The van der Waals surface area contributed by atoms with Gasteiger partial charge in [0.25, 0.3) is 0 Å². The molecule has 0 aliphatic heterocycles. The van der Waals surface area contributed by atoms with Crippen molar-refractivity contribution >= 4 is 29.4 Å². The highest BCUT2D eigenvalue weighted by atomic mass is 35.5. The number of aromatic amines is 1. The van der Waals surface area contributed by atoms with Crippen molar-refractivity contribution in [3.8, 4) is 22.6 Å². The van der Waals surface area contributed by atoms with Crippen molar-refractivity contribution in [3.63, 3.8) is 0 Å². The van der Waals surface area contributed by atoms with E-state index < -0.39 is 42.2 Å². The van der Waals surface area contributed by atoms with Gasteiger partial charge in [-0.05, 0) is 39.5 Å². The Balaban J connectivity index is 1.32. The molecule has 5 rings (SSSR count). The van der Waals surface area contributed by atoms with Gasteiger partial charge in [-0.25, -0.2) is 19.7 Å². The fourth-order valence-corrected chi connectivity index (χ4v) is 5.19. The van der Waals surface area contributed by atoms with Gasteiger partial charge >= 0.3 is 18.4 Å². The van der Waals surface area contributed by atoms with Gasteiger partial charge in [-0.1, -0.05) is 11.6 Å². The minimum atomic E-state index is -4.76. The molecule has 1 aliphatic rings. The summed E-state index contributed by atoms with van der Waals surface area (Å²) < 4.78 is 81.5. The molecule has 0 radical (unpaired) electrons. The molecule has 246 valence electrons. The Morgan fingerprint density at radius 1 is 1.04 bits per heavy atom. The van der Waals surface area contributed by atoms with Crippen LogP contribution in [0, 0.1) is 0 Å². The van der Waals surface area contributed by atoms with Crippen LogP contribution in [-0.2, 0) is 6.18 Å². The van der Waals surface area contributed by atoms with Crippen LogP contribution in [0.2, 0.25) is 5.02 Å². The van der Waals surface area contributed by atoms with Crippen LogP contribution in [0.4, 0.5) is 42.9 Å². The third kappa shape index (κ3) is 7.66. The van der Waals surface area contributed by atoms with Gasteiger partial charge in [0.2, 0.25) is 5.95 Å². The highest BCUT2D eigenvalue weighted by molar-refractivity contribution is 6.32. The summed E-state index contributed by atoms with van der Waals surface area (Å²) in [6.07, 6.45) is 0.0100. The van der Waals surface area contributed by atoms with Gasteiger partial charge < -0.3 is 10.6 Å². The normalized spacial score (nSPS) is 17.3. The van der Waals surface area contributed by atoms with Gasteiger partial charge in [-0.3, -0.25) is 19.7 Å². The molecule has 4 aromatic heterocycles. The third-order valence-corrected chi connectivity index (χ3v) is 7.57. The van der Waals surface area contributed by atoms with Gasteiger partial charge in [0, 0.05) is 42.3 Å². The molecule has 1 aliphatic carbocycles. The molecule has 0 spiro atoms. The van der Waals surface area contributed by atoms with Crippen molar-refractivity contribution in [2.75, 3.05) is 16.8 Å². The maximum absolute atomic E-state index is 13.7. The lowest BCUT2D eigenvalue weighted by atomic mass is 9.90. The molecule has 46 heavy (non-hydrogen) atoms. The second-order valence-corrected chi connectivity index (χ2v) is 11.3. The lowest BCUT2D eigenvalue weighted by molar-refractivity contribution is -0.137. The fraction of sp³-hybridized carbons (Fsp3) is 0.444. The zero-order valence-electron chi connectivity index (χ0n) is 24.4. The molecule has 1 saturated carbocycles. The largest absolute Gasteiger partial charge is 0.420 e. The predicted molar refractivity (Wildman–Crippen MR) is 155 cm³/mol. The number of nitrogens with one attached hydrogen (secondary N) is 3. The van der Waals surface area contributed by atoms with Crippen LogP contribution < -0.4 is 15.5 Å². The molecular formula is C27H28ClF6N11O. The Hall–Kier alpha value is -4.48. The fourth-order valence-electron chi connectivity index (χ4n) is 5.01. The molecule has 4 aromatic rings. The van der Waals surface area contributed by atoms with E-state index in [1.54, 1.807) is 17.1 Å². The zero-order chi connectivity index (χ0) is 33.2. The van der Waals surface area contributed by atoms with Crippen molar-refractivity contribution in [1.29, 1.82) is 0 Å². The minimum absolute atomic E-state index is 0.0543. The Kier molecular flexibility index (Phi) is 9.37. The molecule has 0 saturated heterocycles. The quantitative estimate of drug-likeness (QED) is 0.186. The highest BCUT2D eigenvalue weighted by Crippen LogP contribution is 2.38. The number of amides is 2. The summed E-state index contributed by atoms with van der Waals surface area (Å²) in [5.41, 5.74) is -0.667. The second-order valence-electron chi connectivity index (χ2n) is 10.9. The van der Waals surface area contributed by atoms with E-state index >= 15 is 0 Å². The molecule has 0 unspecified atom stereocenters. The predicted octanol–water partition coefficient (Wildman–Crippen LogP) is 6.27. The number of hydrogen-bond acceptors (Lipinski definition) is 8. The van der Waals surface area contributed by atoms with Gasteiger partial charge in [-0.15, -0.1) is 0 Å². The van der Waals surface area contributed by atoms with Crippen LogP contribution in [-0.4, -0.2) is 70.7 Å². The maximum Gasteiger partial charge on any atom is 0.420 e. The van der Waals surface area contributed by atoms with Crippen molar-refractivity contribution in [2.45, 2.75) is 70.0 Å². The Morgan fingerprint density at radius 3 is 2.35 bits per heavy atom. The van der Waals surface area contributed by atoms with Gasteiger partial charge in [-0.2, -0.15) is 36.5 Å². The summed E-state index contributed by atoms with van der Waals surface area (Å²) >= 11 is 6.01. The minimum Gasteiger partial charge on any atom is -0.351 e. The first-order chi connectivity index (χ1) is 21.7. The Morgan fingerprint density at radius 2 is 1.78 bits per heavy atom. The molecule has 19 heteroatoms. The van der Waals surface area contributed by atoms with E-state index in [0.29, 0.717) is 43.1 Å². The lowest BCUT2D eigenvalue weighted by Gasteiger charge is -2.36. The monoisotopic (exact) mass is 671 g/mol. The van der Waals surface area contributed by atoms with Gasteiger partial charge in [0.05, 0.1) is 29.3 Å². The number of anilines is 2. The topological polar surface area (TPSA) is 142 Å². The van der Waals surface area contributed by atoms with E-state index in [-0.39, 0.29) is 34.6 Å². The number of aromatic nitrogens is 8. The molecule has 0 bridgehead atoms. The van der Waals surface area contributed by atoms with Crippen LogP contribution in [0.5, 0.6) is 0 Å². The Labute approximate surface area is 263 Å². The molecule has 12 nitrogen and oxygen atoms in total. The van der Waals surface area contributed by atoms with Crippen molar-refractivity contribution in [3.05, 3.63) is 47.8 Å². The smallest absolute Gasteiger partial charge is 0.351 e. The number of carbonyl (C=O) groups is 1. The number of carbonyl (C=O) groups excluding carboxylic acids is 1. The summed E-state index contributed by atoms with van der Waals surface area (Å²) in [6.45, 7) is 2.38. The van der Waals surface area contributed by atoms with Gasteiger partial charge in [0.15, 0.2) is 5.82 Å². The number of urea groups is 1. The maximum atomic E-state index is 13.7. The van der Waals surface area contributed by atoms with Crippen molar-refractivity contribution in [1.82, 2.24) is 45.2 Å². The molecule has 4 heterocycles. The van der Waals surface area contributed by atoms with Gasteiger partial charge in [0.1, 0.15) is 23.5 Å². The summed E-state index contributed by atoms with van der Waals surface area (Å²) in [7, 11) is 0. The van der Waals surface area contributed by atoms with E-state index in [4.69, 9.17) is 11.6 Å². The molecule has 0 aromatic carbocycles. The first-order valence-electron chi connectivity index (χ1n) is 14.1. The van der Waals surface area contributed by atoms with Crippen molar-refractivity contribution in [2.24, 2.45) is 0 Å². The second kappa shape index (κ2) is 13.1. The number of hydrogen-bond donors (Lipinski definition) is 3. The first kappa shape index (κ1) is 32.9. The number of rotatable bonds is 8.